The van der Waals surface area contributed by atoms with E-state index in [0.29, 0.717) is 24.3 Å². The maximum atomic E-state index is 12.3. The predicted molar refractivity (Wildman–Crippen MR) is 159 cm³/mol. The SMILES string of the molecule is COc1ccc(O[C@@H](CCCC(=O)OC(C)(C)C)C[C@@H](O)CN=C(NC(=O)OC(C)(C)C)NC(=O)OC(C)(C)C)cc1. The van der Waals surface area contributed by atoms with Gasteiger partial charge in [-0.05, 0) is 99.4 Å². The van der Waals surface area contributed by atoms with E-state index in [4.69, 9.17) is 23.7 Å². The summed E-state index contributed by atoms with van der Waals surface area (Å²) in [6.07, 6.45) is -1.92. The number of amides is 2. The van der Waals surface area contributed by atoms with E-state index >= 15 is 0 Å². The quantitative estimate of drug-likeness (QED) is 0.137. The number of hydrogen-bond acceptors (Lipinski definition) is 10. The van der Waals surface area contributed by atoms with Gasteiger partial charge in [0.25, 0.3) is 0 Å². The Labute approximate surface area is 249 Å². The summed E-state index contributed by atoms with van der Waals surface area (Å²) in [5, 5.41) is 15.6. The maximum absolute atomic E-state index is 12.3. The van der Waals surface area contributed by atoms with Crippen molar-refractivity contribution in [1.82, 2.24) is 10.6 Å². The maximum Gasteiger partial charge on any atom is 0.414 e. The predicted octanol–water partition coefficient (Wildman–Crippen LogP) is 5.11. The summed E-state index contributed by atoms with van der Waals surface area (Å²) in [7, 11) is 1.57. The second-order valence-corrected chi connectivity index (χ2v) is 12.7. The molecule has 0 aliphatic carbocycles. The van der Waals surface area contributed by atoms with Crippen molar-refractivity contribution in [3.8, 4) is 11.5 Å². The zero-order chi connectivity index (χ0) is 32.1. The first-order chi connectivity index (χ1) is 19.2. The molecule has 42 heavy (non-hydrogen) atoms. The number of aliphatic imine (C=N–C) groups is 1. The fourth-order valence-electron chi connectivity index (χ4n) is 3.42. The summed E-state index contributed by atoms with van der Waals surface area (Å²) < 4.78 is 27.2. The largest absolute Gasteiger partial charge is 0.497 e. The molecular weight excluding hydrogens is 546 g/mol. The molecule has 12 nitrogen and oxygen atoms in total. The number of rotatable bonds is 11. The van der Waals surface area contributed by atoms with Crippen molar-refractivity contribution in [3.63, 3.8) is 0 Å². The number of carbonyl (C=O) groups excluding carboxylic acids is 3. The van der Waals surface area contributed by atoms with E-state index in [1.807, 2.05) is 0 Å². The third-order valence-corrected chi connectivity index (χ3v) is 4.92. The molecule has 0 spiro atoms. The summed E-state index contributed by atoms with van der Waals surface area (Å²) in [5.41, 5.74) is -2.15. The van der Waals surface area contributed by atoms with Crippen LogP contribution in [0.5, 0.6) is 11.5 Å². The first-order valence-electron chi connectivity index (χ1n) is 14.0. The number of benzene rings is 1. The lowest BCUT2D eigenvalue weighted by molar-refractivity contribution is -0.155. The molecule has 238 valence electrons. The molecule has 2 atom stereocenters. The van der Waals surface area contributed by atoms with Crippen LogP contribution in [0.15, 0.2) is 29.3 Å². The van der Waals surface area contributed by atoms with Crippen LogP contribution in [0.1, 0.15) is 88.0 Å². The first-order valence-corrected chi connectivity index (χ1v) is 14.0. The van der Waals surface area contributed by atoms with Crippen LogP contribution in [0.25, 0.3) is 0 Å². The van der Waals surface area contributed by atoms with Crippen LogP contribution in [-0.4, -0.2) is 71.9 Å². The van der Waals surface area contributed by atoms with Gasteiger partial charge in [0.1, 0.15) is 34.4 Å². The molecule has 1 rings (SSSR count). The summed E-state index contributed by atoms with van der Waals surface area (Å²) >= 11 is 0. The molecule has 0 unspecified atom stereocenters. The molecule has 0 aliphatic rings. The number of ether oxygens (including phenoxy) is 5. The Morgan fingerprint density at radius 1 is 0.810 bits per heavy atom. The number of aliphatic hydroxyl groups is 1. The highest BCUT2D eigenvalue weighted by atomic mass is 16.6. The van der Waals surface area contributed by atoms with E-state index in [9.17, 15) is 19.5 Å². The van der Waals surface area contributed by atoms with E-state index in [2.05, 4.69) is 15.6 Å². The summed E-state index contributed by atoms with van der Waals surface area (Å²) in [5.74, 6) is 0.672. The molecular formula is C30H49N3O9. The van der Waals surface area contributed by atoms with Crippen molar-refractivity contribution >= 4 is 24.1 Å². The normalized spacial score (nSPS) is 13.2. The minimum absolute atomic E-state index is 0.149. The van der Waals surface area contributed by atoms with Gasteiger partial charge in [0.15, 0.2) is 0 Å². The average Bonchev–Trinajstić information content (AvgIpc) is 2.79. The third-order valence-electron chi connectivity index (χ3n) is 4.92. The van der Waals surface area contributed by atoms with Gasteiger partial charge in [0.05, 0.1) is 19.8 Å². The number of alkyl carbamates (subject to hydrolysis) is 2. The van der Waals surface area contributed by atoms with E-state index in [1.54, 1.807) is 93.7 Å². The Bertz CT molecular complexity index is 1000. The fourth-order valence-corrected chi connectivity index (χ4v) is 3.42. The lowest BCUT2D eigenvalue weighted by Crippen LogP contribution is -2.47. The molecule has 0 bridgehead atoms. The number of hydrogen-bond donors (Lipinski definition) is 3. The number of nitrogens with zero attached hydrogens (tertiary/aromatic N) is 1. The Morgan fingerprint density at radius 3 is 1.74 bits per heavy atom. The fraction of sp³-hybridized carbons (Fsp3) is 0.667. The van der Waals surface area contributed by atoms with E-state index in [1.165, 1.54) is 0 Å². The Morgan fingerprint density at radius 2 is 1.29 bits per heavy atom. The van der Waals surface area contributed by atoms with E-state index in [-0.39, 0.29) is 31.3 Å². The van der Waals surface area contributed by atoms with Crippen LogP contribution < -0.4 is 20.1 Å². The van der Waals surface area contributed by atoms with Gasteiger partial charge in [0.2, 0.25) is 5.96 Å². The van der Waals surface area contributed by atoms with Gasteiger partial charge in [-0.25, -0.2) is 14.6 Å². The standard InChI is InChI=1S/C30H49N3O9/c1-28(2,3)40-24(35)13-11-12-23(39-22-16-14-21(38-10)15-17-22)18-20(34)19-31-25(32-26(36)41-29(4,5)6)33-27(37)42-30(7,8)9/h14-17,20,23,34H,11-13,18-19H2,1-10H3,(H2,31,32,33,36,37)/t20-,23+/m1/s1. The highest BCUT2D eigenvalue weighted by Crippen LogP contribution is 2.22. The molecule has 0 radical (unpaired) electrons. The van der Waals surface area contributed by atoms with Gasteiger partial charge in [-0.3, -0.25) is 15.4 Å². The molecule has 0 aliphatic heterocycles. The van der Waals surface area contributed by atoms with Crippen molar-refractivity contribution in [1.29, 1.82) is 0 Å². The number of guanidine groups is 1. The van der Waals surface area contributed by atoms with Crippen LogP contribution in [0.2, 0.25) is 0 Å². The Balaban J connectivity index is 2.98. The van der Waals surface area contributed by atoms with Gasteiger partial charge in [0, 0.05) is 12.8 Å². The molecule has 3 N–H and O–H groups in total. The number of nitrogens with one attached hydrogen (secondary N) is 2. The molecule has 0 saturated heterocycles. The van der Waals surface area contributed by atoms with Gasteiger partial charge in [-0.1, -0.05) is 0 Å². The topological polar surface area (TPSA) is 154 Å². The molecule has 1 aromatic carbocycles. The van der Waals surface area contributed by atoms with E-state index in [0.717, 1.165) is 0 Å². The van der Waals surface area contributed by atoms with Crippen LogP contribution in [0.3, 0.4) is 0 Å². The second kappa shape index (κ2) is 16.2. The van der Waals surface area contributed by atoms with Crippen molar-refractivity contribution in [2.75, 3.05) is 13.7 Å². The lowest BCUT2D eigenvalue weighted by Gasteiger charge is -2.23. The van der Waals surface area contributed by atoms with E-state index < -0.39 is 41.2 Å². The Hall–Kier alpha value is -3.54. The van der Waals surface area contributed by atoms with Crippen molar-refractivity contribution in [2.24, 2.45) is 4.99 Å². The van der Waals surface area contributed by atoms with Crippen molar-refractivity contribution < 1.29 is 43.2 Å². The Kier molecular flexibility index (Phi) is 14.1. The third kappa shape index (κ3) is 18.0. The highest BCUT2D eigenvalue weighted by molar-refractivity contribution is 6.01. The van der Waals surface area contributed by atoms with Gasteiger partial charge >= 0.3 is 18.2 Å². The van der Waals surface area contributed by atoms with Crippen molar-refractivity contribution in [2.45, 2.75) is 117 Å². The first kappa shape index (κ1) is 36.5. The van der Waals surface area contributed by atoms with Gasteiger partial charge < -0.3 is 28.8 Å². The number of methoxy groups -OCH3 is 1. The zero-order valence-corrected chi connectivity index (χ0v) is 26.7. The molecule has 0 saturated carbocycles. The minimum atomic E-state index is -1.02. The number of esters is 1. The molecule has 2 amide bonds. The van der Waals surface area contributed by atoms with Crippen LogP contribution in [0, 0.1) is 0 Å². The summed E-state index contributed by atoms with van der Waals surface area (Å²) in [6, 6.07) is 7.01. The lowest BCUT2D eigenvalue weighted by atomic mass is 10.0. The summed E-state index contributed by atoms with van der Waals surface area (Å²) in [6.45, 7) is 15.4. The van der Waals surface area contributed by atoms with Crippen LogP contribution >= 0.6 is 0 Å². The molecule has 1 aromatic rings. The molecule has 0 heterocycles. The van der Waals surface area contributed by atoms with Crippen LogP contribution in [-0.2, 0) is 19.0 Å². The zero-order valence-electron chi connectivity index (χ0n) is 26.7. The average molecular weight is 596 g/mol. The molecule has 12 heteroatoms. The molecule has 0 aromatic heterocycles. The number of carbonyl (C=O) groups is 3. The number of aliphatic hydroxyl groups excluding tert-OH is 1. The monoisotopic (exact) mass is 595 g/mol. The smallest absolute Gasteiger partial charge is 0.414 e. The van der Waals surface area contributed by atoms with Crippen molar-refractivity contribution in [3.05, 3.63) is 24.3 Å². The highest BCUT2D eigenvalue weighted by Gasteiger charge is 2.23. The molecule has 0 fully saturated rings. The minimum Gasteiger partial charge on any atom is -0.497 e. The summed E-state index contributed by atoms with van der Waals surface area (Å²) in [4.78, 5) is 41.0. The second-order valence-electron chi connectivity index (χ2n) is 12.7. The van der Waals surface area contributed by atoms with Gasteiger partial charge in [-0.15, -0.1) is 0 Å². The van der Waals surface area contributed by atoms with Gasteiger partial charge in [-0.2, -0.15) is 0 Å². The van der Waals surface area contributed by atoms with Crippen LogP contribution in [0.4, 0.5) is 9.59 Å².